The number of aryl methyl sites for hydroxylation is 1. The van der Waals surface area contributed by atoms with Crippen LogP contribution in [0.5, 0.6) is 0 Å². The molecule has 1 aromatic carbocycles. The average Bonchev–Trinajstić information content (AvgIpc) is 2.79. The molecule has 0 bridgehead atoms. The third-order valence-electron chi connectivity index (χ3n) is 3.46. The van der Waals surface area contributed by atoms with Gasteiger partial charge < -0.3 is 4.57 Å². The second-order valence-electron chi connectivity index (χ2n) is 7.58. The van der Waals surface area contributed by atoms with Crippen molar-refractivity contribution < 1.29 is 4.45 Å². The van der Waals surface area contributed by atoms with Gasteiger partial charge in [0.05, 0.1) is 6.54 Å². The number of benzene rings is 1. The highest BCUT2D eigenvalue weighted by atomic mass is 31.1. The maximum atomic E-state index is 4.94. The van der Waals surface area contributed by atoms with Crippen molar-refractivity contribution in [3.8, 4) is 11.4 Å². The molecule has 22 heavy (non-hydrogen) atoms. The Bertz CT molecular complexity index is 604. The van der Waals surface area contributed by atoms with Crippen molar-refractivity contribution in [2.24, 2.45) is 0 Å². The lowest BCUT2D eigenvalue weighted by Gasteiger charge is -2.37. The normalized spacial score (nSPS) is 12.9. The molecule has 0 N–H and O–H groups in total. The van der Waals surface area contributed by atoms with Gasteiger partial charge in [0.1, 0.15) is 13.9 Å². The molecule has 0 aliphatic rings. The first kappa shape index (κ1) is 17.1. The van der Waals surface area contributed by atoms with Gasteiger partial charge in [0.2, 0.25) is 0 Å². The summed E-state index contributed by atoms with van der Waals surface area (Å²) < 4.78 is 4.24. The van der Waals surface area contributed by atoms with Crippen LogP contribution in [0.2, 0.25) is 0 Å². The van der Waals surface area contributed by atoms with Gasteiger partial charge in [0.25, 0.3) is 0 Å². The van der Waals surface area contributed by atoms with Gasteiger partial charge in [0.15, 0.2) is 6.33 Å². The van der Waals surface area contributed by atoms with Gasteiger partial charge in [0, 0.05) is 10.3 Å². The van der Waals surface area contributed by atoms with E-state index in [1.165, 1.54) is 0 Å². The Balaban J connectivity index is 2.55. The van der Waals surface area contributed by atoms with E-state index in [4.69, 9.17) is 5.10 Å². The molecule has 0 spiro atoms. The first-order valence-corrected chi connectivity index (χ1v) is 9.22. The fourth-order valence-electron chi connectivity index (χ4n) is 3.01. The molecule has 1 aromatic heterocycles. The van der Waals surface area contributed by atoms with Crippen LogP contribution in [0.1, 0.15) is 48.5 Å². The van der Waals surface area contributed by atoms with Gasteiger partial charge in [-0.3, -0.25) is 0 Å². The lowest BCUT2D eigenvalue weighted by Crippen LogP contribution is -2.45. The number of hydrogen-bond acceptors (Lipinski definition) is 1. The summed E-state index contributed by atoms with van der Waals surface area (Å²) in [5.41, 5.74) is 1.15. The fourth-order valence-corrected chi connectivity index (χ4v) is 6.53. The van der Waals surface area contributed by atoms with Crippen molar-refractivity contribution >= 4 is 8.07 Å². The minimum absolute atomic E-state index is 0.176. The molecule has 0 saturated heterocycles. The van der Waals surface area contributed by atoms with Crippen molar-refractivity contribution in [1.29, 1.82) is 0 Å². The highest BCUT2D eigenvalue weighted by Crippen LogP contribution is 2.54. The van der Waals surface area contributed by atoms with Gasteiger partial charge in [-0.05, 0) is 12.5 Å². The lowest BCUT2D eigenvalue weighted by molar-refractivity contribution is -0.585. The van der Waals surface area contributed by atoms with Crippen LogP contribution in [0.4, 0.5) is 0 Å². The van der Waals surface area contributed by atoms with Gasteiger partial charge in [-0.15, -0.1) is 0 Å². The lowest BCUT2D eigenvalue weighted by atomic mass is 10.2. The van der Waals surface area contributed by atoms with Gasteiger partial charge in [-0.25, -0.2) is 4.45 Å². The second kappa shape index (κ2) is 6.12. The summed E-state index contributed by atoms with van der Waals surface area (Å²) >= 11 is 0. The molecule has 0 aliphatic carbocycles. The molecule has 3 nitrogen and oxygen atoms in total. The monoisotopic (exact) mass is 317 g/mol. The van der Waals surface area contributed by atoms with Crippen LogP contribution >= 0.6 is 8.07 Å². The molecule has 0 unspecified atom stereocenters. The molecule has 0 fully saturated rings. The molecule has 0 radical (unpaired) electrons. The van der Waals surface area contributed by atoms with Crippen LogP contribution in [0.15, 0.2) is 30.3 Å². The summed E-state index contributed by atoms with van der Waals surface area (Å²) in [5, 5.41) is 5.29. The van der Waals surface area contributed by atoms with Crippen LogP contribution in [0.3, 0.4) is 0 Å². The molecular formula is C18H28N3P. The Morgan fingerprint density at radius 3 is 2.05 bits per heavy atom. The zero-order valence-electron chi connectivity index (χ0n) is 14.9. The van der Waals surface area contributed by atoms with E-state index in [2.05, 4.69) is 88.1 Å². The van der Waals surface area contributed by atoms with Crippen molar-refractivity contribution in [1.82, 2.24) is 9.67 Å². The first-order valence-electron chi connectivity index (χ1n) is 7.93. The van der Waals surface area contributed by atoms with Crippen LogP contribution in [0, 0.1) is 6.33 Å². The number of rotatable bonds is 3. The van der Waals surface area contributed by atoms with E-state index in [-0.39, 0.29) is 10.3 Å². The molecule has 2 rings (SSSR count). The van der Waals surface area contributed by atoms with E-state index in [1.54, 1.807) is 0 Å². The Morgan fingerprint density at radius 1 is 1.05 bits per heavy atom. The van der Waals surface area contributed by atoms with Crippen LogP contribution < -0.4 is 4.45 Å². The first-order chi connectivity index (χ1) is 10.1. The van der Waals surface area contributed by atoms with Crippen LogP contribution in [0.25, 0.3) is 11.4 Å². The summed E-state index contributed by atoms with van der Waals surface area (Å²) in [7, 11) is -0.500. The van der Waals surface area contributed by atoms with Crippen molar-refractivity contribution in [3.05, 3.63) is 36.7 Å². The summed E-state index contributed by atoms with van der Waals surface area (Å²) in [4.78, 5) is 0. The maximum absolute atomic E-state index is 4.94. The zero-order chi connectivity index (χ0) is 16.5. The van der Waals surface area contributed by atoms with E-state index in [1.807, 2.05) is 6.07 Å². The third kappa shape index (κ3) is 3.57. The molecule has 2 aromatic rings. The molecule has 0 amide bonds. The second-order valence-corrected chi connectivity index (χ2v) is 11.3. The maximum Gasteiger partial charge on any atom is 0.161 e. The summed E-state index contributed by atoms with van der Waals surface area (Å²) in [6.45, 7) is 16.8. The SMILES string of the molecule is CCn1[c-][n+](P(C(C)(C)C)C(C)(C)C)nc1-c1ccccc1. The minimum atomic E-state index is -0.500. The molecule has 120 valence electrons. The number of nitrogens with zero attached hydrogens (tertiary/aromatic N) is 3. The topological polar surface area (TPSA) is 21.7 Å². The van der Waals surface area contributed by atoms with Gasteiger partial charge >= 0.3 is 0 Å². The van der Waals surface area contributed by atoms with Gasteiger partial charge in [-0.1, -0.05) is 71.9 Å². The Kier molecular flexibility index (Phi) is 4.77. The van der Waals surface area contributed by atoms with E-state index >= 15 is 0 Å². The van der Waals surface area contributed by atoms with Crippen LogP contribution in [-0.4, -0.2) is 20.0 Å². The molecule has 0 aliphatic heterocycles. The predicted octanol–water partition coefficient (Wildman–Crippen LogP) is 4.50. The molecule has 0 saturated carbocycles. The molecule has 4 heteroatoms. The third-order valence-corrected chi connectivity index (χ3v) is 6.56. The van der Waals surface area contributed by atoms with E-state index in [0.29, 0.717) is 0 Å². The Labute approximate surface area is 136 Å². The smallest absolute Gasteiger partial charge is 0.161 e. The minimum Gasteiger partial charge on any atom is -0.374 e. The van der Waals surface area contributed by atoms with Crippen molar-refractivity contribution in [3.63, 3.8) is 0 Å². The number of hydrogen-bond donors (Lipinski definition) is 0. The highest BCUT2D eigenvalue weighted by Gasteiger charge is 2.40. The van der Waals surface area contributed by atoms with E-state index in [0.717, 1.165) is 17.9 Å². The molecule has 1 heterocycles. The quantitative estimate of drug-likeness (QED) is 0.603. The van der Waals surface area contributed by atoms with Crippen LogP contribution in [-0.2, 0) is 6.54 Å². The Hall–Kier alpha value is -1.21. The van der Waals surface area contributed by atoms with E-state index in [9.17, 15) is 0 Å². The van der Waals surface area contributed by atoms with Crippen molar-refractivity contribution in [2.45, 2.75) is 65.3 Å². The highest BCUT2D eigenvalue weighted by molar-refractivity contribution is 7.53. The molecular weight excluding hydrogens is 289 g/mol. The number of aromatic nitrogens is 3. The van der Waals surface area contributed by atoms with Gasteiger partial charge in [-0.2, -0.15) is 5.10 Å². The standard InChI is InChI=1S/C18H28N3P/c1-8-20-14-21(22(17(2,3)4)18(5,6)7)19-16(20)15-12-10-9-11-13-15/h9-13H,8H2,1-7H3. The fraction of sp³-hybridized carbons (Fsp3) is 0.556. The molecule has 0 atom stereocenters. The summed E-state index contributed by atoms with van der Waals surface area (Å²) in [5.74, 6) is 1.00. The van der Waals surface area contributed by atoms with E-state index < -0.39 is 8.07 Å². The average molecular weight is 317 g/mol. The summed E-state index contributed by atoms with van der Waals surface area (Å²) in [6.07, 6.45) is 3.49. The largest absolute Gasteiger partial charge is 0.374 e. The predicted molar refractivity (Wildman–Crippen MR) is 94.2 cm³/mol. The zero-order valence-corrected chi connectivity index (χ0v) is 15.8. The Morgan fingerprint density at radius 2 is 1.59 bits per heavy atom. The van der Waals surface area contributed by atoms with Crippen molar-refractivity contribution in [2.75, 3.05) is 0 Å². The summed E-state index contributed by atoms with van der Waals surface area (Å²) in [6, 6.07) is 10.4.